The van der Waals surface area contributed by atoms with Crippen molar-refractivity contribution in [3.63, 3.8) is 0 Å². The molecular formula is C22H19FN4O2. The van der Waals surface area contributed by atoms with Crippen LogP contribution in [0.4, 0.5) is 10.1 Å². The largest absolute Gasteiger partial charge is 0.338 e. The van der Waals surface area contributed by atoms with Crippen LogP contribution >= 0.6 is 0 Å². The van der Waals surface area contributed by atoms with Crippen LogP contribution in [0.2, 0.25) is 0 Å². The van der Waals surface area contributed by atoms with Gasteiger partial charge in [0, 0.05) is 22.5 Å². The van der Waals surface area contributed by atoms with Crippen molar-refractivity contribution in [3.05, 3.63) is 88.4 Å². The summed E-state index contributed by atoms with van der Waals surface area (Å²) in [7, 11) is 0. The third-order valence-corrected chi connectivity index (χ3v) is 4.97. The summed E-state index contributed by atoms with van der Waals surface area (Å²) in [5.41, 5.74) is 2.45. The molecule has 0 aliphatic rings. The molecule has 2 aromatic heterocycles. The quantitative estimate of drug-likeness (QED) is 0.579. The van der Waals surface area contributed by atoms with Gasteiger partial charge in [0.15, 0.2) is 0 Å². The fourth-order valence-electron chi connectivity index (χ4n) is 3.48. The normalized spacial score (nSPS) is 11.0. The average Bonchev–Trinajstić information content (AvgIpc) is 2.96. The van der Waals surface area contributed by atoms with Crippen molar-refractivity contribution >= 4 is 22.4 Å². The average molecular weight is 390 g/mol. The van der Waals surface area contributed by atoms with Crippen LogP contribution in [0.1, 0.15) is 11.4 Å². The Morgan fingerprint density at radius 2 is 1.72 bits per heavy atom. The highest BCUT2D eigenvalue weighted by Crippen LogP contribution is 2.22. The van der Waals surface area contributed by atoms with Gasteiger partial charge in [-0.05, 0) is 50.2 Å². The summed E-state index contributed by atoms with van der Waals surface area (Å²) in [6.07, 6.45) is 1.65. The van der Waals surface area contributed by atoms with Gasteiger partial charge in [0.2, 0.25) is 5.91 Å². The van der Waals surface area contributed by atoms with Gasteiger partial charge < -0.3 is 9.88 Å². The topological polar surface area (TPSA) is 68.9 Å². The number of nitrogens with zero attached hydrogens (tertiary/aromatic N) is 3. The van der Waals surface area contributed by atoms with Gasteiger partial charge in [-0.1, -0.05) is 18.2 Å². The number of para-hydroxylation sites is 1. The van der Waals surface area contributed by atoms with Crippen molar-refractivity contribution in [1.29, 1.82) is 0 Å². The van der Waals surface area contributed by atoms with E-state index in [0.29, 0.717) is 27.8 Å². The number of rotatable bonds is 4. The lowest BCUT2D eigenvalue weighted by molar-refractivity contribution is -0.116. The van der Waals surface area contributed by atoms with Crippen LogP contribution in [0.3, 0.4) is 0 Å². The van der Waals surface area contributed by atoms with E-state index in [1.54, 1.807) is 10.8 Å². The molecular weight excluding hydrogens is 371 g/mol. The number of anilines is 1. The SMILES string of the molecule is Cc1c2cnn(-c3ccccc3)c(=O)c2c(C)n1CC(=O)Nc1ccc(F)cc1. The lowest BCUT2D eigenvalue weighted by atomic mass is 10.2. The molecule has 2 aromatic carbocycles. The zero-order chi connectivity index (χ0) is 20.5. The fourth-order valence-corrected chi connectivity index (χ4v) is 3.48. The zero-order valence-corrected chi connectivity index (χ0v) is 16.0. The first-order valence-electron chi connectivity index (χ1n) is 9.14. The van der Waals surface area contributed by atoms with E-state index in [0.717, 1.165) is 5.69 Å². The first-order chi connectivity index (χ1) is 14.0. The lowest BCUT2D eigenvalue weighted by Crippen LogP contribution is -2.22. The Morgan fingerprint density at radius 1 is 1.03 bits per heavy atom. The molecule has 146 valence electrons. The lowest BCUT2D eigenvalue weighted by Gasteiger charge is -2.10. The molecule has 0 atom stereocenters. The molecule has 1 N–H and O–H groups in total. The smallest absolute Gasteiger partial charge is 0.281 e. The number of fused-ring (bicyclic) bond motifs is 1. The van der Waals surface area contributed by atoms with Crippen LogP contribution in [0.5, 0.6) is 0 Å². The number of aryl methyl sites for hydroxylation is 2. The third-order valence-electron chi connectivity index (χ3n) is 4.97. The number of aromatic nitrogens is 3. The molecule has 2 heterocycles. The number of halogens is 1. The molecule has 0 unspecified atom stereocenters. The molecule has 0 bridgehead atoms. The molecule has 0 radical (unpaired) electrons. The molecule has 7 heteroatoms. The summed E-state index contributed by atoms with van der Waals surface area (Å²) in [5.74, 6) is -0.631. The summed E-state index contributed by atoms with van der Waals surface area (Å²) in [4.78, 5) is 25.6. The Kier molecular flexibility index (Phi) is 4.72. The van der Waals surface area contributed by atoms with E-state index in [4.69, 9.17) is 0 Å². The maximum atomic E-state index is 13.1. The predicted octanol–water partition coefficient (Wildman–Crippen LogP) is 3.58. The van der Waals surface area contributed by atoms with Gasteiger partial charge in [0.05, 0.1) is 17.3 Å². The molecule has 1 amide bonds. The number of nitrogens with one attached hydrogen (secondary N) is 1. The minimum atomic E-state index is -0.367. The Bertz CT molecular complexity index is 1260. The van der Waals surface area contributed by atoms with Crippen LogP contribution in [-0.2, 0) is 11.3 Å². The fraction of sp³-hybridized carbons (Fsp3) is 0.136. The predicted molar refractivity (Wildman–Crippen MR) is 110 cm³/mol. The van der Waals surface area contributed by atoms with Gasteiger partial charge in [-0.25, -0.2) is 4.39 Å². The highest BCUT2D eigenvalue weighted by atomic mass is 19.1. The number of amides is 1. The monoisotopic (exact) mass is 390 g/mol. The Balaban J connectivity index is 1.70. The Hall–Kier alpha value is -3.74. The molecule has 4 aromatic rings. The van der Waals surface area contributed by atoms with E-state index in [1.807, 2.05) is 44.2 Å². The van der Waals surface area contributed by atoms with Crippen LogP contribution in [0.15, 0.2) is 65.6 Å². The van der Waals surface area contributed by atoms with E-state index in [-0.39, 0.29) is 23.8 Å². The first kappa shape index (κ1) is 18.6. The van der Waals surface area contributed by atoms with Gasteiger partial charge in [-0.2, -0.15) is 9.78 Å². The van der Waals surface area contributed by atoms with Gasteiger partial charge in [0.1, 0.15) is 12.4 Å². The molecule has 29 heavy (non-hydrogen) atoms. The summed E-state index contributed by atoms with van der Waals surface area (Å²) in [6, 6.07) is 14.8. The maximum Gasteiger partial charge on any atom is 0.281 e. The summed E-state index contributed by atoms with van der Waals surface area (Å²) >= 11 is 0. The van der Waals surface area contributed by atoms with Crippen molar-refractivity contribution < 1.29 is 9.18 Å². The minimum absolute atomic E-state index is 0.0362. The number of hydrogen-bond acceptors (Lipinski definition) is 3. The van der Waals surface area contributed by atoms with E-state index in [9.17, 15) is 14.0 Å². The number of benzene rings is 2. The molecule has 0 saturated heterocycles. The zero-order valence-electron chi connectivity index (χ0n) is 16.0. The number of hydrogen-bond donors (Lipinski definition) is 1. The Morgan fingerprint density at radius 3 is 2.41 bits per heavy atom. The van der Waals surface area contributed by atoms with Crippen LogP contribution < -0.4 is 10.9 Å². The van der Waals surface area contributed by atoms with Crippen molar-refractivity contribution in [2.24, 2.45) is 0 Å². The second kappa shape index (κ2) is 7.35. The molecule has 0 saturated carbocycles. The second-order valence-corrected chi connectivity index (χ2v) is 6.80. The van der Waals surface area contributed by atoms with E-state index < -0.39 is 0 Å². The number of carbonyl (C=O) groups excluding carboxylic acids is 1. The second-order valence-electron chi connectivity index (χ2n) is 6.80. The summed E-state index contributed by atoms with van der Waals surface area (Å²) < 4.78 is 16.2. The van der Waals surface area contributed by atoms with Crippen molar-refractivity contribution in [3.8, 4) is 5.69 Å². The van der Waals surface area contributed by atoms with Crippen molar-refractivity contribution in [2.45, 2.75) is 20.4 Å². The molecule has 0 fully saturated rings. The van der Waals surface area contributed by atoms with Crippen LogP contribution in [0.25, 0.3) is 16.5 Å². The highest BCUT2D eigenvalue weighted by Gasteiger charge is 2.18. The van der Waals surface area contributed by atoms with Gasteiger partial charge in [-0.3, -0.25) is 9.59 Å². The van der Waals surface area contributed by atoms with Gasteiger partial charge >= 0.3 is 0 Å². The molecule has 0 aliphatic heterocycles. The van der Waals surface area contributed by atoms with Gasteiger partial charge in [-0.15, -0.1) is 0 Å². The van der Waals surface area contributed by atoms with E-state index >= 15 is 0 Å². The standard InChI is InChI=1S/C22H19FN4O2/c1-14-19-12-24-27(18-6-4-3-5-7-18)22(29)21(19)15(2)26(14)13-20(28)25-17-10-8-16(23)9-11-17/h3-12H,13H2,1-2H3,(H,25,28). The first-order valence-corrected chi connectivity index (χ1v) is 9.14. The molecule has 6 nitrogen and oxygen atoms in total. The Labute approximate surface area is 166 Å². The van der Waals surface area contributed by atoms with E-state index in [1.165, 1.54) is 28.9 Å². The number of carbonyl (C=O) groups is 1. The van der Waals surface area contributed by atoms with E-state index in [2.05, 4.69) is 10.4 Å². The molecule has 0 spiro atoms. The summed E-state index contributed by atoms with van der Waals surface area (Å²) in [6.45, 7) is 3.71. The van der Waals surface area contributed by atoms with Crippen LogP contribution in [-0.4, -0.2) is 20.3 Å². The highest BCUT2D eigenvalue weighted by molar-refractivity contribution is 5.92. The van der Waals surface area contributed by atoms with Gasteiger partial charge in [0.25, 0.3) is 5.56 Å². The third kappa shape index (κ3) is 3.42. The molecule has 4 rings (SSSR count). The summed E-state index contributed by atoms with van der Waals surface area (Å²) in [5, 5.41) is 8.30. The maximum absolute atomic E-state index is 13.1. The van der Waals surface area contributed by atoms with Crippen LogP contribution in [0, 0.1) is 19.7 Å². The minimum Gasteiger partial charge on any atom is -0.338 e. The van der Waals surface area contributed by atoms with Crippen molar-refractivity contribution in [2.75, 3.05) is 5.32 Å². The molecule has 0 aliphatic carbocycles. The van der Waals surface area contributed by atoms with Crippen molar-refractivity contribution in [1.82, 2.24) is 14.3 Å².